The van der Waals surface area contributed by atoms with Crippen LogP contribution in [0.3, 0.4) is 0 Å². The third-order valence-electron chi connectivity index (χ3n) is 5.27. The van der Waals surface area contributed by atoms with Crippen LogP contribution in [0.4, 0.5) is 4.39 Å². The van der Waals surface area contributed by atoms with Crippen LogP contribution in [0.5, 0.6) is 0 Å². The maximum Gasteiger partial charge on any atom is 0.275 e. The number of carbonyl (C=O) groups excluding carboxylic acids is 1. The number of hydrogen-bond acceptors (Lipinski definition) is 4. The first-order valence-electron chi connectivity index (χ1n) is 9.87. The molecule has 1 fully saturated rings. The van der Waals surface area contributed by atoms with Gasteiger partial charge >= 0.3 is 0 Å². The molecule has 152 valence electrons. The summed E-state index contributed by atoms with van der Waals surface area (Å²) in [5.41, 5.74) is 2.18. The fourth-order valence-corrected chi connectivity index (χ4v) is 3.59. The number of H-pyrrole nitrogens is 1. The van der Waals surface area contributed by atoms with Crippen molar-refractivity contribution in [1.29, 1.82) is 0 Å². The monoisotopic (exact) mass is 396 g/mol. The largest absolute Gasteiger partial charge is 0.443 e. The molecular weight excluding hydrogens is 371 g/mol. The predicted molar refractivity (Wildman–Crippen MR) is 106 cm³/mol. The second-order valence-corrected chi connectivity index (χ2v) is 8.54. The highest BCUT2D eigenvalue weighted by molar-refractivity contribution is 5.92. The lowest BCUT2D eigenvalue weighted by Gasteiger charge is -2.21. The predicted octanol–water partition coefficient (Wildman–Crippen LogP) is 4.40. The number of aromatic amines is 1. The van der Waals surface area contributed by atoms with Crippen LogP contribution in [0.1, 0.15) is 73.1 Å². The molecule has 1 N–H and O–H groups in total. The smallest absolute Gasteiger partial charge is 0.275 e. The molecule has 1 saturated heterocycles. The SMILES string of the molecule is CC(C)(C)c1cc(C(=O)N2CCCC2c2ncc(Cc3ccc(F)cc3)o2)n[nH]1. The molecule has 1 unspecified atom stereocenters. The van der Waals surface area contributed by atoms with E-state index in [2.05, 4.69) is 36.0 Å². The number of oxazole rings is 1. The lowest BCUT2D eigenvalue weighted by molar-refractivity contribution is 0.0708. The van der Waals surface area contributed by atoms with Gasteiger partial charge in [0.25, 0.3) is 5.91 Å². The zero-order valence-electron chi connectivity index (χ0n) is 16.9. The van der Waals surface area contributed by atoms with Gasteiger partial charge in [0, 0.05) is 24.1 Å². The minimum atomic E-state index is -0.264. The van der Waals surface area contributed by atoms with E-state index in [-0.39, 0.29) is 23.2 Å². The van der Waals surface area contributed by atoms with Crippen molar-refractivity contribution >= 4 is 5.91 Å². The van der Waals surface area contributed by atoms with E-state index in [1.807, 2.05) is 6.07 Å². The molecule has 0 spiro atoms. The zero-order valence-corrected chi connectivity index (χ0v) is 16.9. The average molecular weight is 396 g/mol. The average Bonchev–Trinajstić information content (AvgIpc) is 3.42. The molecule has 2 aromatic heterocycles. The first kappa shape index (κ1) is 19.4. The lowest BCUT2D eigenvalue weighted by Crippen LogP contribution is -2.31. The summed E-state index contributed by atoms with van der Waals surface area (Å²) in [6.45, 7) is 6.87. The normalized spacial score (nSPS) is 17.1. The number of halogens is 1. The molecule has 1 atom stereocenters. The van der Waals surface area contributed by atoms with Crippen LogP contribution < -0.4 is 0 Å². The zero-order chi connectivity index (χ0) is 20.6. The Kier molecular flexibility index (Phi) is 4.98. The molecule has 1 aromatic carbocycles. The summed E-state index contributed by atoms with van der Waals surface area (Å²) < 4.78 is 19.0. The maximum absolute atomic E-state index is 13.1. The molecule has 0 radical (unpaired) electrons. The van der Waals surface area contributed by atoms with E-state index in [1.54, 1.807) is 23.2 Å². The van der Waals surface area contributed by atoms with Crippen LogP contribution in [0.25, 0.3) is 0 Å². The molecule has 4 rings (SSSR count). The Morgan fingerprint density at radius 3 is 2.76 bits per heavy atom. The van der Waals surface area contributed by atoms with E-state index < -0.39 is 0 Å². The van der Waals surface area contributed by atoms with Gasteiger partial charge in [0.2, 0.25) is 5.89 Å². The van der Waals surface area contributed by atoms with Crippen LogP contribution in [0, 0.1) is 5.82 Å². The van der Waals surface area contributed by atoms with Gasteiger partial charge in [-0.05, 0) is 36.6 Å². The first-order chi connectivity index (χ1) is 13.8. The van der Waals surface area contributed by atoms with Gasteiger partial charge in [0.15, 0.2) is 0 Å². The molecule has 1 aliphatic rings. The van der Waals surface area contributed by atoms with E-state index in [4.69, 9.17) is 4.42 Å². The fourth-order valence-electron chi connectivity index (χ4n) is 3.59. The van der Waals surface area contributed by atoms with E-state index >= 15 is 0 Å². The van der Waals surface area contributed by atoms with Gasteiger partial charge in [-0.25, -0.2) is 9.37 Å². The number of nitrogens with one attached hydrogen (secondary N) is 1. The van der Waals surface area contributed by atoms with E-state index in [0.717, 1.165) is 24.1 Å². The highest BCUT2D eigenvalue weighted by Crippen LogP contribution is 2.33. The van der Waals surface area contributed by atoms with E-state index in [9.17, 15) is 9.18 Å². The standard InChI is InChI=1S/C22H25FN4O2/c1-22(2,3)19-12-17(25-26-19)21(28)27-10-4-5-18(27)20-24-13-16(29-20)11-14-6-8-15(23)9-7-14/h6-9,12-13,18H,4-5,10-11H2,1-3H3,(H,25,26). The molecule has 3 heterocycles. The number of nitrogens with zero attached hydrogens (tertiary/aromatic N) is 3. The van der Waals surface area contributed by atoms with Crippen LogP contribution >= 0.6 is 0 Å². The van der Waals surface area contributed by atoms with Crippen molar-refractivity contribution in [1.82, 2.24) is 20.1 Å². The van der Waals surface area contributed by atoms with E-state index in [0.29, 0.717) is 30.3 Å². The van der Waals surface area contributed by atoms with Gasteiger partial charge in [0.1, 0.15) is 23.3 Å². The summed E-state index contributed by atoms with van der Waals surface area (Å²) in [5.74, 6) is 0.859. The second-order valence-electron chi connectivity index (χ2n) is 8.54. The minimum absolute atomic E-state index is 0.103. The maximum atomic E-state index is 13.1. The van der Waals surface area contributed by atoms with Gasteiger partial charge in [-0.15, -0.1) is 0 Å². The van der Waals surface area contributed by atoms with Gasteiger partial charge in [0.05, 0.1) is 6.20 Å². The number of amides is 1. The molecule has 0 bridgehead atoms. The van der Waals surface area contributed by atoms with Crippen molar-refractivity contribution in [3.63, 3.8) is 0 Å². The second kappa shape index (κ2) is 7.46. The van der Waals surface area contributed by atoms with Gasteiger partial charge < -0.3 is 9.32 Å². The summed E-state index contributed by atoms with van der Waals surface area (Å²) in [6.07, 6.45) is 3.91. The summed E-state index contributed by atoms with van der Waals surface area (Å²) in [5, 5.41) is 7.20. The number of aromatic nitrogens is 3. The van der Waals surface area contributed by atoms with Crippen molar-refractivity contribution in [3.8, 4) is 0 Å². The molecule has 6 nitrogen and oxygen atoms in total. The van der Waals surface area contributed by atoms with Crippen LogP contribution in [0.2, 0.25) is 0 Å². The lowest BCUT2D eigenvalue weighted by atomic mass is 9.92. The number of rotatable bonds is 4. The Balaban J connectivity index is 1.50. The van der Waals surface area contributed by atoms with Crippen molar-refractivity contribution in [3.05, 3.63) is 70.9 Å². The summed E-state index contributed by atoms with van der Waals surface area (Å²) >= 11 is 0. The molecule has 1 amide bonds. The third kappa shape index (κ3) is 4.09. The molecule has 7 heteroatoms. The Bertz CT molecular complexity index is 1000. The molecule has 29 heavy (non-hydrogen) atoms. The summed E-state index contributed by atoms with van der Waals surface area (Å²) in [7, 11) is 0. The molecule has 0 saturated carbocycles. The first-order valence-corrected chi connectivity index (χ1v) is 9.87. The molecule has 1 aliphatic heterocycles. The van der Waals surface area contributed by atoms with Crippen molar-refractivity contribution in [2.45, 2.75) is 51.5 Å². The summed E-state index contributed by atoms with van der Waals surface area (Å²) in [6, 6.07) is 7.95. The minimum Gasteiger partial charge on any atom is -0.443 e. The number of benzene rings is 1. The van der Waals surface area contributed by atoms with Crippen molar-refractivity contribution < 1.29 is 13.6 Å². The summed E-state index contributed by atoms with van der Waals surface area (Å²) in [4.78, 5) is 19.2. The van der Waals surface area contributed by atoms with Crippen LogP contribution in [0.15, 0.2) is 40.9 Å². The highest BCUT2D eigenvalue weighted by Gasteiger charge is 2.35. The van der Waals surface area contributed by atoms with Gasteiger partial charge in [-0.2, -0.15) is 5.10 Å². The van der Waals surface area contributed by atoms with Gasteiger partial charge in [-0.3, -0.25) is 9.89 Å². The molecule has 3 aromatic rings. The highest BCUT2D eigenvalue weighted by atomic mass is 19.1. The van der Waals surface area contributed by atoms with E-state index in [1.165, 1.54) is 12.1 Å². The van der Waals surface area contributed by atoms with Crippen molar-refractivity contribution in [2.24, 2.45) is 0 Å². The topological polar surface area (TPSA) is 75.0 Å². The molecule has 0 aliphatic carbocycles. The van der Waals surface area contributed by atoms with Crippen LogP contribution in [-0.2, 0) is 11.8 Å². The fraction of sp³-hybridized carbons (Fsp3) is 0.409. The third-order valence-corrected chi connectivity index (χ3v) is 5.27. The number of likely N-dealkylation sites (tertiary alicyclic amines) is 1. The number of carbonyl (C=O) groups is 1. The Labute approximate surface area is 169 Å². The Morgan fingerprint density at radius 2 is 2.07 bits per heavy atom. The number of hydrogen-bond donors (Lipinski definition) is 1. The van der Waals surface area contributed by atoms with Crippen LogP contribution in [-0.4, -0.2) is 32.5 Å². The quantitative estimate of drug-likeness (QED) is 0.709. The Morgan fingerprint density at radius 1 is 1.31 bits per heavy atom. The van der Waals surface area contributed by atoms with Crippen molar-refractivity contribution in [2.75, 3.05) is 6.54 Å². The van der Waals surface area contributed by atoms with Gasteiger partial charge in [-0.1, -0.05) is 32.9 Å². The Hall–Kier alpha value is -2.96. The molecular formula is C22H25FN4O2.